The van der Waals surface area contributed by atoms with E-state index in [4.69, 9.17) is 0 Å². The van der Waals surface area contributed by atoms with Gasteiger partial charge in [0.25, 0.3) is 5.91 Å². The Kier molecular flexibility index (Phi) is 4.11. The van der Waals surface area contributed by atoms with Crippen molar-refractivity contribution < 1.29 is 13.2 Å². The number of rotatable bonds is 3. The van der Waals surface area contributed by atoms with Crippen molar-refractivity contribution >= 4 is 21.4 Å². The lowest BCUT2D eigenvalue weighted by Crippen LogP contribution is -2.18. The van der Waals surface area contributed by atoms with Gasteiger partial charge >= 0.3 is 0 Å². The number of carbonyl (C=O) groups excluding carboxylic acids is 1. The molecule has 138 valence electrons. The summed E-state index contributed by atoms with van der Waals surface area (Å²) in [4.78, 5) is 17.5. The molecule has 2 heterocycles. The van der Waals surface area contributed by atoms with E-state index in [-0.39, 0.29) is 29.1 Å². The summed E-state index contributed by atoms with van der Waals surface area (Å²) in [6, 6.07) is 15.0. The molecule has 7 heteroatoms. The van der Waals surface area contributed by atoms with E-state index in [1.54, 1.807) is 0 Å². The Morgan fingerprint density at radius 3 is 2.59 bits per heavy atom. The van der Waals surface area contributed by atoms with E-state index in [0.29, 0.717) is 16.9 Å². The highest BCUT2D eigenvalue weighted by molar-refractivity contribution is 7.91. The number of amides is 1. The number of hydrogen-bond donors (Lipinski definition) is 1. The first-order valence-corrected chi connectivity index (χ1v) is 10.3. The van der Waals surface area contributed by atoms with Gasteiger partial charge in [-0.3, -0.25) is 4.79 Å². The van der Waals surface area contributed by atoms with Crippen LogP contribution < -0.4 is 5.32 Å². The largest absolute Gasteiger partial charge is 0.320 e. The average molecular weight is 381 g/mol. The summed E-state index contributed by atoms with van der Waals surface area (Å²) in [5, 5.41) is 2.89. The monoisotopic (exact) mass is 381 g/mol. The number of anilines is 1. The zero-order chi connectivity index (χ0) is 19.2. The van der Waals surface area contributed by atoms with Gasteiger partial charge in [0, 0.05) is 17.8 Å². The predicted octanol–water partition coefficient (Wildman–Crippen LogP) is 3.21. The number of aryl methyl sites for hydroxylation is 2. The van der Waals surface area contributed by atoms with E-state index in [9.17, 15) is 13.2 Å². The Balaban J connectivity index is 1.84. The van der Waals surface area contributed by atoms with Crippen molar-refractivity contribution in [1.82, 2.24) is 9.55 Å². The fraction of sp³-hybridized carbons (Fsp3) is 0.200. The highest BCUT2D eigenvalue weighted by atomic mass is 32.2. The van der Waals surface area contributed by atoms with Crippen LogP contribution in [-0.2, 0) is 16.4 Å². The van der Waals surface area contributed by atoms with Crippen molar-refractivity contribution in [3.8, 4) is 11.3 Å². The molecule has 0 unspecified atom stereocenters. The van der Waals surface area contributed by atoms with Gasteiger partial charge in [0.1, 0.15) is 11.4 Å². The minimum absolute atomic E-state index is 0.0336. The van der Waals surface area contributed by atoms with E-state index in [2.05, 4.69) is 10.3 Å². The van der Waals surface area contributed by atoms with Gasteiger partial charge in [-0.15, -0.1) is 0 Å². The number of hydrogen-bond acceptors (Lipinski definition) is 4. The minimum Gasteiger partial charge on any atom is -0.320 e. The first-order chi connectivity index (χ1) is 12.9. The highest BCUT2D eigenvalue weighted by Gasteiger charge is 2.35. The summed E-state index contributed by atoms with van der Waals surface area (Å²) in [6.07, 6.45) is 0. The van der Waals surface area contributed by atoms with Gasteiger partial charge in [-0.1, -0.05) is 42.5 Å². The summed E-state index contributed by atoms with van der Waals surface area (Å²) in [5.74, 6) is -0.396. The molecular weight excluding hydrogens is 362 g/mol. The maximum atomic E-state index is 13.1. The molecule has 0 saturated heterocycles. The van der Waals surface area contributed by atoms with Gasteiger partial charge in [0.2, 0.25) is 15.0 Å². The van der Waals surface area contributed by atoms with Crippen LogP contribution in [0.1, 0.15) is 21.6 Å². The topological polar surface area (TPSA) is 81.1 Å². The molecule has 6 nitrogen and oxygen atoms in total. The van der Waals surface area contributed by atoms with E-state index in [0.717, 1.165) is 11.1 Å². The normalized spacial score (nSPS) is 14.7. The molecule has 1 N–H and O–H groups in total. The molecule has 0 bridgehead atoms. The standard InChI is InChI=1S/C20H19N3O3S/c1-13-8-9-14(2)16(12-13)21-19(24)18-17(15-6-4-3-5-7-15)22-20-23(18)10-11-27(20,25)26/h3-9,12H,10-11H2,1-2H3,(H,21,24). The first kappa shape index (κ1) is 17.5. The number of sulfone groups is 1. The molecule has 1 aromatic heterocycles. The second kappa shape index (κ2) is 6.35. The highest BCUT2D eigenvalue weighted by Crippen LogP contribution is 2.31. The maximum absolute atomic E-state index is 13.1. The Bertz CT molecular complexity index is 1150. The minimum atomic E-state index is -3.46. The average Bonchev–Trinajstić information content (AvgIpc) is 3.17. The fourth-order valence-electron chi connectivity index (χ4n) is 3.26. The van der Waals surface area contributed by atoms with Gasteiger partial charge in [0.15, 0.2) is 0 Å². The second-order valence-corrected chi connectivity index (χ2v) is 8.70. The zero-order valence-electron chi connectivity index (χ0n) is 15.1. The Hall–Kier alpha value is -2.93. The predicted molar refractivity (Wildman–Crippen MR) is 104 cm³/mol. The van der Waals surface area contributed by atoms with Crippen molar-refractivity contribution in [2.24, 2.45) is 0 Å². The third-order valence-corrected chi connectivity index (χ3v) is 6.29. The fourth-order valence-corrected chi connectivity index (χ4v) is 4.61. The van der Waals surface area contributed by atoms with Crippen LogP contribution >= 0.6 is 0 Å². The van der Waals surface area contributed by atoms with Crippen LogP contribution in [0.3, 0.4) is 0 Å². The second-order valence-electron chi connectivity index (χ2n) is 6.70. The van der Waals surface area contributed by atoms with E-state index < -0.39 is 9.84 Å². The number of imidazole rings is 1. The van der Waals surface area contributed by atoms with Gasteiger partial charge in [-0.25, -0.2) is 13.4 Å². The lowest BCUT2D eigenvalue weighted by Gasteiger charge is -2.11. The molecule has 3 aromatic rings. The Labute approximate surface area is 157 Å². The number of carbonyl (C=O) groups is 1. The molecule has 0 spiro atoms. The third kappa shape index (κ3) is 3.04. The summed E-state index contributed by atoms with van der Waals surface area (Å²) in [5.41, 5.74) is 4.04. The number of nitrogens with one attached hydrogen (secondary N) is 1. The van der Waals surface area contributed by atoms with Crippen LogP contribution in [-0.4, -0.2) is 29.6 Å². The molecule has 1 aliphatic rings. The number of benzene rings is 2. The molecule has 0 radical (unpaired) electrons. The molecule has 0 fully saturated rings. The molecule has 27 heavy (non-hydrogen) atoms. The third-order valence-electron chi connectivity index (χ3n) is 4.70. The van der Waals surface area contributed by atoms with Crippen LogP contribution in [0.25, 0.3) is 11.3 Å². The molecular formula is C20H19N3O3S. The summed E-state index contributed by atoms with van der Waals surface area (Å²) in [7, 11) is -3.46. The molecule has 0 atom stereocenters. The maximum Gasteiger partial charge on any atom is 0.274 e. The molecule has 1 amide bonds. The van der Waals surface area contributed by atoms with Crippen molar-refractivity contribution in [1.29, 1.82) is 0 Å². The molecule has 4 rings (SSSR count). The smallest absolute Gasteiger partial charge is 0.274 e. The van der Waals surface area contributed by atoms with Gasteiger partial charge < -0.3 is 9.88 Å². The number of nitrogens with zero attached hydrogens (tertiary/aromatic N) is 2. The van der Waals surface area contributed by atoms with Crippen molar-refractivity contribution in [3.63, 3.8) is 0 Å². The van der Waals surface area contributed by atoms with Crippen molar-refractivity contribution in [2.75, 3.05) is 11.1 Å². The van der Waals surface area contributed by atoms with Crippen LogP contribution in [0.4, 0.5) is 5.69 Å². The van der Waals surface area contributed by atoms with Crippen molar-refractivity contribution in [3.05, 3.63) is 65.4 Å². The van der Waals surface area contributed by atoms with Crippen molar-refractivity contribution in [2.45, 2.75) is 25.5 Å². The molecule has 2 aromatic carbocycles. The quantitative estimate of drug-likeness (QED) is 0.755. The van der Waals surface area contributed by atoms with E-state index in [1.165, 1.54) is 4.57 Å². The van der Waals surface area contributed by atoms with E-state index >= 15 is 0 Å². The van der Waals surface area contributed by atoms with E-state index in [1.807, 2.05) is 62.4 Å². The zero-order valence-corrected chi connectivity index (χ0v) is 15.9. The Morgan fingerprint density at radius 2 is 1.85 bits per heavy atom. The lowest BCUT2D eigenvalue weighted by atomic mass is 10.1. The van der Waals surface area contributed by atoms with Crippen LogP contribution in [0, 0.1) is 13.8 Å². The van der Waals surface area contributed by atoms with Crippen LogP contribution in [0.2, 0.25) is 0 Å². The molecule has 1 aliphatic heterocycles. The number of aromatic nitrogens is 2. The Morgan fingerprint density at radius 1 is 1.11 bits per heavy atom. The molecule has 0 aliphatic carbocycles. The SMILES string of the molecule is Cc1ccc(C)c(NC(=O)c2c(-c3ccccc3)nc3n2CCS3(=O)=O)c1. The van der Waals surface area contributed by atoms with Gasteiger partial charge in [0.05, 0.1) is 5.75 Å². The summed E-state index contributed by atoms with van der Waals surface area (Å²) in [6.45, 7) is 4.10. The first-order valence-electron chi connectivity index (χ1n) is 8.64. The molecule has 0 saturated carbocycles. The summed E-state index contributed by atoms with van der Waals surface area (Å²) >= 11 is 0. The lowest BCUT2D eigenvalue weighted by molar-refractivity contribution is 0.101. The van der Waals surface area contributed by atoms with Crippen LogP contribution in [0.15, 0.2) is 53.7 Å². The summed E-state index contributed by atoms with van der Waals surface area (Å²) < 4.78 is 26.1. The van der Waals surface area contributed by atoms with Gasteiger partial charge in [-0.2, -0.15) is 0 Å². The van der Waals surface area contributed by atoms with Crippen LogP contribution in [0.5, 0.6) is 0 Å². The number of fused-ring (bicyclic) bond motifs is 1. The van der Waals surface area contributed by atoms with Gasteiger partial charge in [-0.05, 0) is 31.0 Å².